The number of aromatic nitrogens is 1. The summed E-state index contributed by atoms with van der Waals surface area (Å²) in [5.74, 6) is 0.668. The molecule has 0 fully saturated rings. The molecule has 16 heavy (non-hydrogen) atoms. The van der Waals surface area contributed by atoms with Gasteiger partial charge in [-0.2, -0.15) is 0 Å². The number of rotatable bonds is 3. The summed E-state index contributed by atoms with van der Waals surface area (Å²) in [7, 11) is 0. The van der Waals surface area contributed by atoms with E-state index in [0.29, 0.717) is 5.75 Å². The molecule has 0 amide bonds. The molecule has 1 aromatic heterocycles. The van der Waals surface area contributed by atoms with E-state index >= 15 is 0 Å². The summed E-state index contributed by atoms with van der Waals surface area (Å²) < 4.78 is 5.42. The Hall–Kier alpha value is -1.90. The predicted octanol–water partition coefficient (Wildman–Crippen LogP) is 2.51. The van der Waals surface area contributed by atoms with Gasteiger partial charge in [-0.15, -0.1) is 0 Å². The van der Waals surface area contributed by atoms with E-state index in [-0.39, 0.29) is 12.4 Å². The van der Waals surface area contributed by atoms with Crippen LogP contribution >= 0.6 is 0 Å². The van der Waals surface area contributed by atoms with Crippen molar-refractivity contribution in [1.29, 1.82) is 0 Å². The average molecular weight is 215 g/mol. The zero-order valence-corrected chi connectivity index (χ0v) is 9.36. The van der Waals surface area contributed by atoms with Gasteiger partial charge in [0.05, 0.1) is 0 Å². The second-order valence-electron chi connectivity index (χ2n) is 3.77. The summed E-state index contributed by atoms with van der Waals surface area (Å²) in [6, 6.07) is 9.66. The predicted molar refractivity (Wildman–Crippen MR) is 62.7 cm³/mol. The Labute approximate surface area is 94.1 Å². The lowest BCUT2D eigenvalue weighted by atomic mass is 10.2. The van der Waals surface area contributed by atoms with Gasteiger partial charge in [0.1, 0.15) is 17.9 Å². The number of carbonyl (C=O) groups is 1. The van der Waals surface area contributed by atoms with E-state index in [1.807, 2.05) is 37.3 Å². The minimum atomic E-state index is 0.00431. The molecule has 0 spiro atoms. The van der Waals surface area contributed by atoms with Gasteiger partial charge in [-0.3, -0.25) is 4.79 Å². The quantitative estimate of drug-likeness (QED) is 0.789. The summed E-state index contributed by atoms with van der Waals surface area (Å²) in [6.07, 6.45) is 0. The third-order valence-electron chi connectivity index (χ3n) is 2.25. The molecule has 3 nitrogen and oxygen atoms in total. The number of benzene rings is 1. The van der Waals surface area contributed by atoms with E-state index in [9.17, 15) is 4.79 Å². The smallest absolute Gasteiger partial charge is 0.167 e. The molecule has 0 unspecified atom stereocenters. The van der Waals surface area contributed by atoms with E-state index in [0.717, 1.165) is 16.6 Å². The standard InChI is InChI=1S/C13H13NO2/c1-9-6-7-11-4-3-5-12(13(11)14-9)16-8-10(2)15/h3-7H,8H2,1-2H3. The lowest BCUT2D eigenvalue weighted by molar-refractivity contribution is -0.118. The van der Waals surface area contributed by atoms with Gasteiger partial charge in [0.25, 0.3) is 0 Å². The minimum absolute atomic E-state index is 0.00431. The first-order valence-corrected chi connectivity index (χ1v) is 5.15. The third kappa shape index (κ3) is 2.19. The van der Waals surface area contributed by atoms with Gasteiger partial charge >= 0.3 is 0 Å². The van der Waals surface area contributed by atoms with Crippen LogP contribution in [0.1, 0.15) is 12.6 Å². The molecule has 82 valence electrons. The normalized spacial score (nSPS) is 10.4. The van der Waals surface area contributed by atoms with Crippen LogP contribution in [-0.2, 0) is 4.79 Å². The van der Waals surface area contributed by atoms with Crippen LogP contribution in [0.2, 0.25) is 0 Å². The lowest BCUT2D eigenvalue weighted by Gasteiger charge is -2.07. The maximum atomic E-state index is 10.9. The van der Waals surface area contributed by atoms with E-state index in [4.69, 9.17) is 4.74 Å². The monoisotopic (exact) mass is 215 g/mol. The number of hydrogen-bond acceptors (Lipinski definition) is 3. The Morgan fingerprint density at radius 2 is 2.12 bits per heavy atom. The number of aryl methyl sites for hydroxylation is 1. The molecule has 0 N–H and O–H groups in total. The largest absolute Gasteiger partial charge is 0.484 e. The SMILES string of the molecule is CC(=O)COc1cccc2ccc(C)nc12. The number of fused-ring (bicyclic) bond motifs is 1. The molecule has 1 heterocycles. The summed E-state index contributed by atoms with van der Waals surface area (Å²) in [6.45, 7) is 3.53. The first-order valence-electron chi connectivity index (χ1n) is 5.15. The number of ether oxygens (including phenoxy) is 1. The molecule has 0 saturated carbocycles. The fourth-order valence-corrected chi connectivity index (χ4v) is 1.51. The van der Waals surface area contributed by atoms with Gasteiger partial charge in [-0.05, 0) is 26.0 Å². The van der Waals surface area contributed by atoms with Crippen LogP contribution < -0.4 is 4.74 Å². The van der Waals surface area contributed by atoms with Crippen LogP contribution in [0.4, 0.5) is 0 Å². The molecule has 1 aromatic carbocycles. The van der Waals surface area contributed by atoms with Crippen molar-refractivity contribution in [2.45, 2.75) is 13.8 Å². The van der Waals surface area contributed by atoms with Crippen molar-refractivity contribution in [3.8, 4) is 5.75 Å². The molecular weight excluding hydrogens is 202 g/mol. The van der Waals surface area contributed by atoms with Crippen molar-refractivity contribution < 1.29 is 9.53 Å². The van der Waals surface area contributed by atoms with Crippen molar-refractivity contribution in [3.05, 3.63) is 36.0 Å². The molecule has 0 aliphatic rings. The Balaban J connectivity index is 2.43. The maximum absolute atomic E-state index is 10.9. The van der Waals surface area contributed by atoms with Gasteiger partial charge in [0.2, 0.25) is 0 Å². The van der Waals surface area contributed by atoms with Crippen LogP contribution in [0.25, 0.3) is 10.9 Å². The van der Waals surface area contributed by atoms with Crippen molar-refractivity contribution in [1.82, 2.24) is 4.98 Å². The molecule has 0 radical (unpaired) electrons. The van der Waals surface area contributed by atoms with Crippen molar-refractivity contribution in [3.63, 3.8) is 0 Å². The van der Waals surface area contributed by atoms with Crippen molar-refractivity contribution in [2.75, 3.05) is 6.61 Å². The molecule has 0 bridgehead atoms. The van der Waals surface area contributed by atoms with Crippen LogP contribution in [0, 0.1) is 6.92 Å². The summed E-state index contributed by atoms with van der Waals surface area (Å²) in [5, 5.41) is 1.02. The lowest BCUT2D eigenvalue weighted by Crippen LogP contribution is -2.07. The Morgan fingerprint density at radius 1 is 1.31 bits per heavy atom. The number of para-hydroxylation sites is 1. The number of hydrogen-bond donors (Lipinski definition) is 0. The number of Topliss-reactive ketones (excluding diaryl/α,β-unsaturated/α-hetero) is 1. The van der Waals surface area contributed by atoms with E-state index in [1.165, 1.54) is 6.92 Å². The average Bonchev–Trinajstić information content (AvgIpc) is 2.26. The summed E-state index contributed by atoms with van der Waals surface area (Å²) >= 11 is 0. The van der Waals surface area contributed by atoms with Gasteiger partial charge in [0, 0.05) is 11.1 Å². The first kappa shape index (κ1) is 10.6. The van der Waals surface area contributed by atoms with E-state index in [2.05, 4.69) is 4.98 Å². The number of nitrogens with zero attached hydrogens (tertiary/aromatic N) is 1. The molecule has 0 saturated heterocycles. The highest BCUT2D eigenvalue weighted by molar-refractivity contribution is 5.85. The molecule has 0 atom stereocenters. The van der Waals surface area contributed by atoms with Crippen LogP contribution in [-0.4, -0.2) is 17.4 Å². The van der Waals surface area contributed by atoms with Gasteiger partial charge < -0.3 is 4.74 Å². The highest BCUT2D eigenvalue weighted by Gasteiger charge is 2.04. The van der Waals surface area contributed by atoms with Crippen molar-refractivity contribution >= 4 is 16.7 Å². The summed E-state index contributed by atoms with van der Waals surface area (Å²) in [4.78, 5) is 15.3. The molecule has 0 aliphatic heterocycles. The molecular formula is C13H13NO2. The molecule has 0 aliphatic carbocycles. The van der Waals surface area contributed by atoms with Gasteiger partial charge in [0.15, 0.2) is 5.78 Å². The van der Waals surface area contributed by atoms with E-state index in [1.54, 1.807) is 0 Å². The highest BCUT2D eigenvalue weighted by Crippen LogP contribution is 2.23. The van der Waals surface area contributed by atoms with Gasteiger partial charge in [-0.1, -0.05) is 18.2 Å². The van der Waals surface area contributed by atoms with Gasteiger partial charge in [-0.25, -0.2) is 4.98 Å². The minimum Gasteiger partial charge on any atom is -0.484 e. The van der Waals surface area contributed by atoms with Crippen LogP contribution in [0.15, 0.2) is 30.3 Å². The van der Waals surface area contributed by atoms with E-state index < -0.39 is 0 Å². The highest BCUT2D eigenvalue weighted by atomic mass is 16.5. The maximum Gasteiger partial charge on any atom is 0.167 e. The second-order valence-corrected chi connectivity index (χ2v) is 3.77. The summed E-state index contributed by atoms with van der Waals surface area (Å²) in [5.41, 5.74) is 1.75. The second kappa shape index (κ2) is 4.31. The first-order chi connectivity index (χ1) is 7.66. The zero-order chi connectivity index (χ0) is 11.5. The number of ketones is 1. The molecule has 3 heteroatoms. The third-order valence-corrected chi connectivity index (χ3v) is 2.25. The Kier molecular flexibility index (Phi) is 2.86. The molecule has 2 rings (SSSR count). The van der Waals surface area contributed by atoms with Crippen LogP contribution in [0.3, 0.4) is 0 Å². The number of pyridine rings is 1. The topological polar surface area (TPSA) is 39.2 Å². The Morgan fingerprint density at radius 3 is 2.88 bits per heavy atom. The fraction of sp³-hybridized carbons (Fsp3) is 0.231. The zero-order valence-electron chi connectivity index (χ0n) is 9.36. The van der Waals surface area contributed by atoms with Crippen molar-refractivity contribution in [2.24, 2.45) is 0 Å². The number of carbonyl (C=O) groups excluding carboxylic acids is 1. The fourth-order valence-electron chi connectivity index (χ4n) is 1.51. The van der Waals surface area contributed by atoms with Crippen LogP contribution in [0.5, 0.6) is 5.75 Å². The molecule has 2 aromatic rings. The Bertz CT molecular complexity index is 534.